The minimum Gasteiger partial charge on any atom is -0.496 e. The third-order valence-corrected chi connectivity index (χ3v) is 3.78. The predicted octanol–water partition coefficient (Wildman–Crippen LogP) is 3.32. The monoisotopic (exact) mass is 406 g/mol. The molecule has 0 aliphatic carbocycles. The average molecular weight is 407 g/mol. The van der Waals surface area contributed by atoms with Crippen molar-refractivity contribution in [3.8, 4) is 11.5 Å². The Morgan fingerprint density at radius 2 is 1.68 bits per heavy atom. The van der Waals surface area contributed by atoms with Gasteiger partial charge in [-0.2, -0.15) is 0 Å². The van der Waals surface area contributed by atoms with Crippen molar-refractivity contribution in [3.63, 3.8) is 0 Å². The fourth-order valence-corrected chi connectivity index (χ4v) is 2.46. The van der Waals surface area contributed by atoms with Crippen molar-refractivity contribution < 1.29 is 19.1 Å². The summed E-state index contributed by atoms with van der Waals surface area (Å²) in [7, 11) is 1.48. The Hall–Kier alpha value is -2.54. The van der Waals surface area contributed by atoms with Crippen molar-refractivity contribution in [2.75, 3.05) is 13.7 Å². The Balaban J connectivity index is 2.09. The Bertz CT molecular complexity index is 764. The van der Waals surface area contributed by atoms with Gasteiger partial charge in [-0.3, -0.25) is 20.4 Å². The predicted molar refractivity (Wildman–Crippen MR) is 97.9 cm³/mol. The van der Waals surface area contributed by atoms with Gasteiger partial charge >= 0.3 is 0 Å². The van der Waals surface area contributed by atoms with E-state index in [-0.39, 0.29) is 0 Å². The van der Waals surface area contributed by atoms with Crippen LogP contribution in [0.5, 0.6) is 11.5 Å². The molecule has 2 aromatic carbocycles. The Labute approximate surface area is 154 Å². The normalized spacial score (nSPS) is 10.0. The number of nitrogens with one attached hydrogen (secondary N) is 2. The lowest BCUT2D eigenvalue weighted by molar-refractivity contribution is 0.0842. The van der Waals surface area contributed by atoms with Crippen molar-refractivity contribution in [1.82, 2.24) is 10.9 Å². The number of halogens is 1. The van der Waals surface area contributed by atoms with Gasteiger partial charge in [0.15, 0.2) is 0 Å². The van der Waals surface area contributed by atoms with Crippen molar-refractivity contribution in [2.45, 2.75) is 13.3 Å². The van der Waals surface area contributed by atoms with Crippen LogP contribution >= 0.6 is 15.9 Å². The van der Waals surface area contributed by atoms with Crippen molar-refractivity contribution >= 4 is 27.7 Å². The van der Waals surface area contributed by atoms with E-state index in [9.17, 15) is 9.59 Å². The molecule has 0 fully saturated rings. The van der Waals surface area contributed by atoms with Gasteiger partial charge in [0.1, 0.15) is 11.5 Å². The molecule has 0 atom stereocenters. The van der Waals surface area contributed by atoms with Crippen molar-refractivity contribution in [3.05, 3.63) is 58.1 Å². The number of hydrogen-bond donors (Lipinski definition) is 2. The summed E-state index contributed by atoms with van der Waals surface area (Å²) in [5.74, 6) is -0.0785. The third-order valence-electron chi connectivity index (χ3n) is 3.29. The highest BCUT2D eigenvalue weighted by molar-refractivity contribution is 9.10. The molecule has 2 N–H and O–H groups in total. The van der Waals surface area contributed by atoms with E-state index in [0.717, 1.165) is 10.9 Å². The fourth-order valence-electron chi connectivity index (χ4n) is 2.10. The highest BCUT2D eigenvalue weighted by Crippen LogP contribution is 2.23. The van der Waals surface area contributed by atoms with E-state index in [1.165, 1.54) is 7.11 Å². The molecule has 0 radical (unpaired) electrons. The number of hydrazine groups is 1. The zero-order valence-corrected chi connectivity index (χ0v) is 15.6. The first-order valence-electron chi connectivity index (χ1n) is 7.72. The number of carbonyl (C=O) groups is 2. The Morgan fingerprint density at radius 1 is 1.00 bits per heavy atom. The van der Waals surface area contributed by atoms with Gasteiger partial charge in [0, 0.05) is 4.47 Å². The molecule has 25 heavy (non-hydrogen) atoms. The molecule has 0 saturated heterocycles. The molecule has 0 aliphatic rings. The SMILES string of the molecule is CCCOc1ccc(Br)cc1C(=O)NNC(=O)c1ccccc1OC. The second-order valence-electron chi connectivity index (χ2n) is 5.10. The minimum absolute atomic E-state index is 0.321. The van der Waals surface area contributed by atoms with Gasteiger partial charge in [-0.1, -0.05) is 35.0 Å². The van der Waals surface area contributed by atoms with E-state index in [1.54, 1.807) is 42.5 Å². The standard InChI is InChI=1S/C18H19BrN2O4/c1-3-10-25-16-9-8-12(19)11-14(16)18(23)21-20-17(22)13-6-4-5-7-15(13)24-2/h4-9,11H,3,10H2,1-2H3,(H,20,22)(H,21,23). The maximum absolute atomic E-state index is 12.4. The topological polar surface area (TPSA) is 76.7 Å². The Kier molecular flexibility index (Phi) is 6.82. The summed E-state index contributed by atoms with van der Waals surface area (Å²) in [5, 5.41) is 0. The van der Waals surface area contributed by atoms with Crippen LogP contribution in [0.25, 0.3) is 0 Å². The van der Waals surface area contributed by atoms with E-state index >= 15 is 0 Å². The molecule has 132 valence electrons. The van der Waals surface area contributed by atoms with Gasteiger partial charge in [0.25, 0.3) is 11.8 Å². The summed E-state index contributed by atoms with van der Waals surface area (Å²) in [6, 6.07) is 11.9. The van der Waals surface area contributed by atoms with E-state index in [0.29, 0.717) is 29.2 Å². The average Bonchev–Trinajstić information content (AvgIpc) is 2.64. The van der Waals surface area contributed by atoms with Crippen LogP contribution in [0.2, 0.25) is 0 Å². The molecule has 0 bridgehead atoms. The number of benzene rings is 2. The zero-order valence-electron chi connectivity index (χ0n) is 14.0. The maximum Gasteiger partial charge on any atom is 0.273 e. The molecular weight excluding hydrogens is 388 g/mol. The van der Waals surface area contributed by atoms with E-state index < -0.39 is 11.8 Å². The van der Waals surface area contributed by atoms with E-state index in [2.05, 4.69) is 26.8 Å². The lowest BCUT2D eigenvalue weighted by atomic mass is 10.2. The summed E-state index contributed by atoms with van der Waals surface area (Å²) in [4.78, 5) is 24.7. The van der Waals surface area contributed by atoms with Crippen LogP contribution in [-0.4, -0.2) is 25.5 Å². The molecule has 2 amide bonds. The second kappa shape index (κ2) is 9.08. The number of amides is 2. The van der Waals surface area contributed by atoms with Gasteiger partial charge in [0.05, 0.1) is 24.8 Å². The molecule has 7 heteroatoms. The summed E-state index contributed by atoms with van der Waals surface area (Å²) in [6.07, 6.45) is 0.821. The molecule has 0 saturated carbocycles. The van der Waals surface area contributed by atoms with Crippen LogP contribution in [0.4, 0.5) is 0 Å². The largest absolute Gasteiger partial charge is 0.496 e. The molecule has 2 rings (SSSR count). The fraction of sp³-hybridized carbons (Fsp3) is 0.222. The molecule has 0 aliphatic heterocycles. The van der Waals surface area contributed by atoms with E-state index in [1.807, 2.05) is 6.92 Å². The third kappa shape index (κ3) is 4.96. The van der Waals surface area contributed by atoms with Crippen LogP contribution in [-0.2, 0) is 0 Å². The molecule has 0 unspecified atom stereocenters. The van der Waals surface area contributed by atoms with Gasteiger partial charge < -0.3 is 9.47 Å². The first kappa shape index (κ1) is 18.8. The summed E-state index contributed by atoms with van der Waals surface area (Å²) in [5.41, 5.74) is 5.43. The maximum atomic E-state index is 12.4. The molecule has 0 aromatic heterocycles. The molecule has 2 aromatic rings. The number of carbonyl (C=O) groups excluding carboxylic acids is 2. The highest BCUT2D eigenvalue weighted by Gasteiger charge is 2.16. The number of rotatable bonds is 6. The summed E-state index contributed by atoms with van der Waals surface area (Å²) < 4.78 is 11.4. The lowest BCUT2D eigenvalue weighted by Gasteiger charge is -2.13. The Morgan fingerprint density at radius 3 is 2.36 bits per heavy atom. The van der Waals surface area contributed by atoms with Gasteiger partial charge in [0.2, 0.25) is 0 Å². The minimum atomic E-state index is -0.476. The van der Waals surface area contributed by atoms with Gasteiger partial charge in [-0.05, 0) is 36.8 Å². The molecule has 6 nitrogen and oxygen atoms in total. The van der Waals surface area contributed by atoms with Crippen molar-refractivity contribution in [2.24, 2.45) is 0 Å². The van der Waals surface area contributed by atoms with Crippen LogP contribution in [0.3, 0.4) is 0 Å². The number of methoxy groups -OCH3 is 1. The molecule has 0 heterocycles. The quantitative estimate of drug-likeness (QED) is 0.721. The van der Waals surface area contributed by atoms with Gasteiger partial charge in [-0.15, -0.1) is 0 Å². The second-order valence-corrected chi connectivity index (χ2v) is 6.01. The van der Waals surface area contributed by atoms with Crippen LogP contribution < -0.4 is 20.3 Å². The molecule has 0 spiro atoms. The van der Waals surface area contributed by atoms with E-state index in [4.69, 9.17) is 9.47 Å². The zero-order chi connectivity index (χ0) is 18.2. The number of para-hydroxylation sites is 1. The summed E-state index contributed by atoms with van der Waals surface area (Å²) >= 11 is 3.33. The van der Waals surface area contributed by atoms with Crippen molar-refractivity contribution in [1.29, 1.82) is 0 Å². The molecular formula is C18H19BrN2O4. The van der Waals surface area contributed by atoms with Crippen LogP contribution in [0, 0.1) is 0 Å². The van der Waals surface area contributed by atoms with Crippen LogP contribution in [0.15, 0.2) is 46.9 Å². The number of hydrogen-bond acceptors (Lipinski definition) is 4. The highest BCUT2D eigenvalue weighted by atomic mass is 79.9. The lowest BCUT2D eigenvalue weighted by Crippen LogP contribution is -2.41. The summed E-state index contributed by atoms with van der Waals surface area (Å²) in [6.45, 7) is 2.47. The first-order valence-corrected chi connectivity index (χ1v) is 8.52. The smallest absolute Gasteiger partial charge is 0.273 e. The first-order chi connectivity index (χ1) is 12.1. The number of ether oxygens (including phenoxy) is 2. The van der Waals surface area contributed by atoms with Gasteiger partial charge in [-0.25, -0.2) is 0 Å². The van der Waals surface area contributed by atoms with Crippen LogP contribution in [0.1, 0.15) is 34.1 Å².